The van der Waals surface area contributed by atoms with Crippen molar-refractivity contribution >= 4 is 34.0 Å². The molecule has 2 amide bonds. The molecule has 2 aromatic rings. The fraction of sp³-hybridized carbons (Fsp3) is 0. The van der Waals surface area contributed by atoms with Crippen LogP contribution in [0.4, 0.5) is 0 Å². The van der Waals surface area contributed by atoms with Gasteiger partial charge >= 0.3 is 0 Å². The number of hydroxylamine groups is 1. The first-order valence-electron chi connectivity index (χ1n) is 6.24. The Morgan fingerprint density at radius 2 is 1.73 bits per heavy atom. The molecule has 0 aliphatic heterocycles. The van der Waals surface area contributed by atoms with Crippen LogP contribution in [-0.4, -0.2) is 23.2 Å². The van der Waals surface area contributed by atoms with Crippen LogP contribution in [0.1, 0.15) is 26.3 Å². The molecule has 0 bridgehead atoms. The molecule has 112 valence electrons. The maximum atomic E-state index is 11.9. The summed E-state index contributed by atoms with van der Waals surface area (Å²) in [6, 6.07) is 13.4. The Morgan fingerprint density at radius 3 is 2.36 bits per heavy atom. The van der Waals surface area contributed by atoms with Crippen molar-refractivity contribution in [2.75, 3.05) is 0 Å². The van der Waals surface area contributed by atoms with E-state index in [4.69, 9.17) is 5.21 Å². The third-order valence-corrected chi connectivity index (χ3v) is 3.46. The summed E-state index contributed by atoms with van der Waals surface area (Å²) in [7, 11) is 0. The molecule has 0 atom stereocenters. The zero-order valence-electron chi connectivity index (χ0n) is 11.3. The summed E-state index contributed by atoms with van der Waals surface area (Å²) in [4.78, 5) is 23.1. The Balaban J connectivity index is 1.99. The lowest BCUT2D eigenvalue weighted by Crippen LogP contribution is -2.18. The number of hydrazone groups is 1. The Labute approximate surface area is 134 Å². The van der Waals surface area contributed by atoms with Crippen LogP contribution in [-0.2, 0) is 0 Å². The number of rotatable bonds is 4. The number of hydrogen-bond acceptors (Lipinski definition) is 4. The minimum Gasteiger partial charge on any atom is -0.288 e. The van der Waals surface area contributed by atoms with E-state index in [-0.39, 0.29) is 5.91 Å². The van der Waals surface area contributed by atoms with Gasteiger partial charge in [-0.2, -0.15) is 5.10 Å². The minimum atomic E-state index is -0.592. The van der Waals surface area contributed by atoms with Gasteiger partial charge in [0, 0.05) is 10.0 Å². The predicted molar refractivity (Wildman–Crippen MR) is 84.9 cm³/mol. The monoisotopic (exact) mass is 361 g/mol. The third kappa shape index (κ3) is 4.00. The molecule has 0 saturated heterocycles. The molecule has 6 nitrogen and oxygen atoms in total. The first-order valence-corrected chi connectivity index (χ1v) is 7.03. The molecule has 2 aromatic carbocycles. The highest BCUT2D eigenvalue weighted by atomic mass is 79.9. The quantitative estimate of drug-likeness (QED) is 0.443. The molecule has 7 heteroatoms. The van der Waals surface area contributed by atoms with Gasteiger partial charge in [0.05, 0.1) is 11.8 Å². The molecule has 0 aliphatic rings. The van der Waals surface area contributed by atoms with E-state index in [0.29, 0.717) is 21.2 Å². The third-order valence-electron chi connectivity index (χ3n) is 2.77. The van der Waals surface area contributed by atoms with Crippen LogP contribution >= 0.6 is 15.9 Å². The molecular formula is C15H12BrN3O3. The molecule has 0 aromatic heterocycles. The molecule has 0 radical (unpaired) electrons. The van der Waals surface area contributed by atoms with E-state index in [1.807, 2.05) is 6.07 Å². The lowest BCUT2D eigenvalue weighted by Gasteiger charge is -2.02. The summed E-state index contributed by atoms with van der Waals surface area (Å²) >= 11 is 3.29. The molecule has 22 heavy (non-hydrogen) atoms. The molecule has 3 N–H and O–H groups in total. The molecular weight excluding hydrogens is 350 g/mol. The number of benzene rings is 2. The second-order valence-corrected chi connectivity index (χ2v) is 5.10. The predicted octanol–water partition coefficient (Wildman–Crippen LogP) is 2.33. The lowest BCUT2D eigenvalue weighted by atomic mass is 10.1. The summed E-state index contributed by atoms with van der Waals surface area (Å²) in [5, 5.41) is 12.4. The van der Waals surface area contributed by atoms with Crippen molar-refractivity contribution in [2.45, 2.75) is 0 Å². The van der Waals surface area contributed by atoms with E-state index in [1.54, 1.807) is 35.8 Å². The maximum Gasteiger partial charge on any atom is 0.274 e. The van der Waals surface area contributed by atoms with E-state index in [1.165, 1.54) is 18.3 Å². The van der Waals surface area contributed by atoms with Gasteiger partial charge in [-0.15, -0.1) is 0 Å². The highest BCUT2D eigenvalue weighted by Gasteiger charge is 2.07. The van der Waals surface area contributed by atoms with Gasteiger partial charge in [-0.25, -0.2) is 10.9 Å². The van der Waals surface area contributed by atoms with E-state index >= 15 is 0 Å². The van der Waals surface area contributed by atoms with Gasteiger partial charge in [0.25, 0.3) is 11.8 Å². The standard InChI is InChI=1S/C15H12BrN3O3/c16-13-4-2-1-3-12(13)15(21)18-17-9-10-5-7-11(8-6-10)14(20)19-22/h1-9,22H,(H,18,21)(H,19,20). The Hall–Kier alpha value is -2.51. The summed E-state index contributed by atoms with van der Waals surface area (Å²) in [6.45, 7) is 0. The van der Waals surface area contributed by atoms with Crippen molar-refractivity contribution in [1.29, 1.82) is 0 Å². The molecule has 2 rings (SSSR count). The van der Waals surface area contributed by atoms with Crippen LogP contribution in [0, 0.1) is 0 Å². The fourth-order valence-electron chi connectivity index (χ4n) is 1.66. The average Bonchev–Trinajstić information content (AvgIpc) is 2.55. The van der Waals surface area contributed by atoms with E-state index in [2.05, 4.69) is 26.5 Å². The number of nitrogens with zero attached hydrogens (tertiary/aromatic N) is 1. The normalized spacial score (nSPS) is 10.5. The van der Waals surface area contributed by atoms with Gasteiger partial charge in [0.15, 0.2) is 0 Å². The van der Waals surface area contributed by atoms with Gasteiger partial charge in [0.1, 0.15) is 0 Å². The summed E-state index contributed by atoms with van der Waals surface area (Å²) in [5.74, 6) is -0.925. The zero-order valence-corrected chi connectivity index (χ0v) is 12.9. The number of nitrogens with one attached hydrogen (secondary N) is 2. The number of halogens is 1. The van der Waals surface area contributed by atoms with Crippen molar-refractivity contribution in [1.82, 2.24) is 10.9 Å². The molecule has 0 fully saturated rings. The van der Waals surface area contributed by atoms with E-state index < -0.39 is 5.91 Å². The number of amides is 2. The van der Waals surface area contributed by atoms with E-state index in [9.17, 15) is 9.59 Å². The van der Waals surface area contributed by atoms with Crippen molar-refractivity contribution < 1.29 is 14.8 Å². The Morgan fingerprint density at radius 1 is 1.05 bits per heavy atom. The molecule has 0 spiro atoms. The summed E-state index contributed by atoms with van der Waals surface area (Å²) in [5.41, 5.74) is 5.46. The van der Waals surface area contributed by atoms with Crippen molar-refractivity contribution in [3.8, 4) is 0 Å². The fourth-order valence-corrected chi connectivity index (χ4v) is 2.12. The number of carbonyl (C=O) groups is 2. The van der Waals surface area contributed by atoms with E-state index in [0.717, 1.165) is 0 Å². The van der Waals surface area contributed by atoms with Gasteiger partial charge < -0.3 is 0 Å². The van der Waals surface area contributed by atoms with Crippen LogP contribution < -0.4 is 10.9 Å². The smallest absolute Gasteiger partial charge is 0.274 e. The largest absolute Gasteiger partial charge is 0.288 e. The number of hydrogen-bond donors (Lipinski definition) is 3. The number of carbonyl (C=O) groups excluding carboxylic acids is 2. The Kier molecular flexibility index (Phi) is 5.40. The van der Waals surface area contributed by atoms with Crippen molar-refractivity contribution in [2.24, 2.45) is 5.10 Å². The molecule has 0 unspecified atom stereocenters. The van der Waals surface area contributed by atoms with Gasteiger partial charge in [-0.3, -0.25) is 14.8 Å². The summed E-state index contributed by atoms with van der Waals surface area (Å²) < 4.78 is 0.682. The van der Waals surface area contributed by atoms with Crippen LogP contribution in [0.3, 0.4) is 0 Å². The SMILES string of the molecule is O=C(NO)c1ccc(C=NNC(=O)c2ccccc2Br)cc1. The first-order chi connectivity index (χ1) is 10.6. The van der Waals surface area contributed by atoms with Gasteiger partial charge in [-0.1, -0.05) is 24.3 Å². The minimum absolute atomic E-state index is 0.317. The lowest BCUT2D eigenvalue weighted by molar-refractivity contribution is 0.0706. The topological polar surface area (TPSA) is 90.8 Å². The van der Waals surface area contributed by atoms with Gasteiger partial charge in [0.2, 0.25) is 0 Å². The van der Waals surface area contributed by atoms with Crippen LogP contribution in [0.2, 0.25) is 0 Å². The van der Waals surface area contributed by atoms with Crippen molar-refractivity contribution in [3.63, 3.8) is 0 Å². The molecule has 0 heterocycles. The molecule has 0 aliphatic carbocycles. The maximum absolute atomic E-state index is 11.9. The Bertz CT molecular complexity index is 714. The first kappa shape index (κ1) is 15.9. The average molecular weight is 362 g/mol. The van der Waals surface area contributed by atoms with Gasteiger partial charge in [-0.05, 0) is 45.8 Å². The highest BCUT2D eigenvalue weighted by molar-refractivity contribution is 9.10. The zero-order chi connectivity index (χ0) is 15.9. The second kappa shape index (κ2) is 7.48. The highest BCUT2D eigenvalue weighted by Crippen LogP contribution is 2.15. The van der Waals surface area contributed by atoms with Crippen LogP contribution in [0.15, 0.2) is 58.1 Å². The van der Waals surface area contributed by atoms with Crippen LogP contribution in [0.5, 0.6) is 0 Å². The molecule has 0 saturated carbocycles. The van der Waals surface area contributed by atoms with Crippen LogP contribution in [0.25, 0.3) is 0 Å². The summed E-state index contributed by atoms with van der Waals surface area (Å²) in [6.07, 6.45) is 1.45. The second-order valence-electron chi connectivity index (χ2n) is 4.24. The van der Waals surface area contributed by atoms with Crippen molar-refractivity contribution in [3.05, 3.63) is 69.7 Å².